The van der Waals surface area contributed by atoms with Crippen molar-refractivity contribution in [3.63, 3.8) is 0 Å². The van der Waals surface area contributed by atoms with Gasteiger partial charge in [0.25, 0.3) is 0 Å². The number of terminal acetylenes is 1. The van der Waals surface area contributed by atoms with Crippen molar-refractivity contribution in [2.75, 3.05) is 90.1 Å². The number of nitrogens with zero attached hydrogens (tertiary/aromatic N) is 6. The quantitative estimate of drug-likeness (QED) is 0.0940. The summed E-state index contributed by atoms with van der Waals surface area (Å²) in [5, 5.41) is 17.3. The Labute approximate surface area is 612 Å². The smallest absolute Gasteiger partial charge is 0.122 e. The summed E-state index contributed by atoms with van der Waals surface area (Å²) in [6, 6.07) is 75.7. The van der Waals surface area contributed by atoms with Gasteiger partial charge in [-0.05, 0) is 164 Å². The molecule has 0 aromatic heterocycles. The van der Waals surface area contributed by atoms with Gasteiger partial charge in [-0.15, -0.1) is 6.42 Å². The van der Waals surface area contributed by atoms with Gasteiger partial charge in [-0.3, -0.25) is 0 Å². The van der Waals surface area contributed by atoms with E-state index in [0.29, 0.717) is 52.9 Å². The van der Waals surface area contributed by atoms with Crippen LogP contribution in [0.15, 0.2) is 212 Å². The molecule has 9 rings (SSSR count). The maximum Gasteiger partial charge on any atom is 0.122 e. The minimum absolute atomic E-state index is 0.325. The molecule has 8 nitrogen and oxygen atoms in total. The van der Waals surface area contributed by atoms with Gasteiger partial charge in [0.15, 0.2) is 0 Å². The van der Waals surface area contributed by atoms with Crippen LogP contribution in [-0.2, 0) is 0 Å². The average Bonchev–Trinajstić information content (AvgIpc) is 0.820. The van der Waals surface area contributed by atoms with Gasteiger partial charge < -0.3 is 29.1 Å². The third-order valence-electron chi connectivity index (χ3n) is 16.4. The van der Waals surface area contributed by atoms with Crippen molar-refractivity contribution in [2.24, 2.45) is 0 Å². The van der Waals surface area contributed by atoms with E-state index in [9.17, 15) is 0 Å². The summed E-state index contributed by atoms with van der Waals surface area (Å²) in [5.74, 6) is 8.61. The molecule has 532 valence electrons. The van der Waals surface area contributed by atoms with Gasteiger partial charge in [-0.2, -0.15) is 10.5 Å². The van der Waals surface area contributed by atoms with E-state index < -0.39 is 6.98 Å². The van der Waals surface area contributed by atoms with E-state index in [1.54, 1.807) is 27.3 Å². The number of benzene rings is 9. The Morgan fingerprint density at radius 3 is 0.970 bits per heavy atom. The Morgan fingerprint density at radius 2 is 0.650 bits per heavy atom. The normalized spacial score (nSPS) is 10.8. The summed E-state index contributed by atoms with van der Waals surface area (Å²) in [4.78, 5) is 7.88. The Hall–Kier alpha value is -9.68. The molecule has 0 radical (unpaired) electrons. The minimum Gasteiger partial charge on any atom is -0.496 e. The first kappa shape index (κ1) is 81.0. The van der Waals surface area contributed by atoms with Crippen molar-refractivity contribution in [3.05, 3.63) is 274 Å². The highest BCUT2D eigenvalue weighted by Gasteiger charge is 2.15. The van der Waals surface area contributed by atoms with Crippen LogP contribution in [0.2, 0.25) is 0 Å². The molecule has 0 atom stereocenters. The Bertz CT molecular complexity index is 3860. The molecule has 100 heavy (non-hydrogen) atoms. The van der Waals surface area contributed by atoms with Crippen LogP contribution in [0.1, 0.15) is 223 Å². The summed E-state index contributed by atoms with van der Waals surface area (Å²) < 4.78 is 32.5. The lowest BCUT2D eigenvalue weighted by atomic mass is 9.98. The molecule has 0 amide bonds. The van der Waals surface area contributed by atoms with Crippen molar-refractivity contribution in [1.29, 1.82) is 10.5 Å². The zero-order chi connectivity index (χ0) is 77.7. The summed E-state index contributed by atoms with van der Waals surface area (Å²) in [7, 11) is 17.6. The molecule has 0 aliphatic carbocycles. The molecule has 0 aliphatic rings. The number of methoxy groups -OCH3 is 2. The zero-order valence-electron chi connectivity index (χ0n) is 68.4. The fraction of sp³-hybridized carbons (Fsp3) is 0.370. The second kappa shape index (κ2) is 45.8. The topological polar surface area (TPSA) is 79.0 Å². The second-order valence-electron chi connectivity index (χ2n) is 27.6. The third-order valence-corrected chi connectivity index (χ3v) is 16.4. The van der Waals surface area contributed by atoms with E-state index in [1.807, 2.05) is 103 Å². The van der Waals surface area contributed by atoms with Crippen LogP contribution in [0.25, 0.3) is 11.1 Å². The number of rotatable bonds is 15. The number of para-hydroxylation sites is 4. The molecule has 0 saturated carbocycles. The van der Waals surface area contributed by atoms with Crippen molar-refractivity contribution < 1.29 is 13.6 Å². The Morgan fingerprint density at radius 1 is 0.320 bits per heavy atom. The average molecular weight is 1350 g/mol. The molecule has 0 saturated heterocycles. The predicted molar refractivity (Wildman–Crippen MR) is 437 cm³/mol. The monoisotopic (exact) mass is 1350 g/mol. The predicted octanol–water partition coefficient (Wildman–Crippen LogP) is 24.2. The third kappa shape index (κ3) is 29.8. The molecule has 0 unspecified atom stereocenters. The number of hydrogen-bond acceptors (Lipinski definition) is 8. The Balaban J connectivity index is 0.000000401. The van der Waals surface area contributed by atoms with Crippen LogP contribution in [0.3, 0.4) is 0 Å². The maximum absolute atomic E-state index is 8.75. The van der Waals surface area contributed by atoms with Crippen LogP contribution >= 0.6 is 0 Å². The molecule has 9 aromatic carbocycles. The minimum atomic E-state index is -2.08. The van der Waals surface area contributed by atoms with Crippen molar-refractivity contribution in [3.8, 4) is 47.1 Å². The lowest BCUT2D eigenvalue weighted by Gasteiger charge is -2.26. The first-order valence-electron chi connectivity index (χ1n) is 36.6. The SMILES string of the molecule is C#Cc1cc(C#N)cc(C(C)C)c1.CC(C)c1c(N(C)C)cccc1N(C)C.CC(C)c1ccc(-c2ccccc2)cc1.CC(C)c1ccc(C#N)cc1.CC(C)c1ccccc1N(C)C.COc1ccccc1C(C)C.COc1ccccc1C(C)C.[2H]C([2H])([2H])N(C)c1ccccc1C(C)C. The first-order valence-corrected chi connectivity index (χ1v) is 35.1. The molecule has 9 aromatic rings. The fourth-order valence-electron chi connectivity index (χ4n) is 10.6. The van der Waals surface area contributed by atoms with Crippen LogP contribution in [-0.4, -0.2) is 70.5 Å². The molecule has 8 heteroatoms. The molecular weight excluding hydrogens is 1220 g/mol. The number of nitriles is 2. The van der Waals surface area contributed by atoms with Gasteiger partial charge in [0, 0.05) is 94.3 Å². The van der Waals surface area contributed by atoms with Crippen molar-refractivity contribution in [2.45, 2.75) is 158 Å². The summed E-state index contributed by atoms with van der Waals surface area (Å²) in [6.07, 6.45) is 5.28. The largest absolute Gasteiger partial charge is 0.496 e. The van der Waals surface area contributed by atoms with Gasteiger partial charge in [0.2, 0.25) is 0 Å². The summed E-state index contributed by atoms with van der Waals surface area (Å²) in [5.41, 5.74) is 19.7. The highest BCUT2D eigenvalue weighted by atomic mass is 16.5. The summed E-state index contributed by atoms with van der Waals surface area (Å²) >= 11 is 0. The molecule has 0 bridgehead atoms. The van der Waals surface area contributed by atoms with Crippen molar-refractivity contribution >= 4 is 22.7 Å². The molecule has 0 heterocycles. The molecule has 0 spiro atoms. The Kier molecular flexibility index (Phi) is 37.1. The van der Waals surface area contributed by atoms with Gasteiger partial charge >= 0.3 is 0 Å². The van der Waals surface area contributed by atoms with E-state index in [-0.39, 0.29) is 0 Å². The van der Waals surface area contributed by atoms with Gasteiger partial charge in [-0.1, -0.05) is 262 Å². The van der Waals surface area contributed by atoms with Crippen LogP contribution < -0.4 is 29.1 Å². The molecular formula is C92H122N6O2. The number of ether oxygens (including phenoxy) is 2. The van der Waals surface area contributed by atoms with Gasteiger partial charge in [-0.25, -0.2) is 0 Å². The zero-order valence-corrected chi connectivity index (χ0v) is 65.4. The first-order chi connectivity index (χ1) is 48.6. The fourth-order valence-corrected chi connectivity index (χ4v) is 10.6. The van der Waals surface area contributed by atoms with Crippen LogP contribution in [0.5, 0.6) is 11.5 Å². The summed E-state index contributed by atoms with van der Waals surface area (Å²) in [6.45, 7) is 32.5. The highest BCUT2D eigenvalue weighted by molar-refractivity contribution is 5.68. The van der Waals surface area contributed by atoms with Crippen LogP contribution in [0, 0.1) is 35.0 Å². The van der Waals surface area contributed by atoms with E-state index in [2.05, 4.69) is 289 Å². The molecule has 0 aliphatic heterocycles. The van der Waals surface area contributed by atoms with Gasteiger partial charge in [0.1, 0.15) is 11.5 Å². The lowest BCUT2D eigenvalue weighted by Crippen LogP contribution is -2.17. The van der Waals surface area contributed by atoms with Crippen LogP contribution in [0.4, 0.5) is 22.7 Å². The number of hydrogen-bond donors (Lipinski definition) is 0. The van der Waals surface area contributed by atoms with E-state index in [1.165, 1.54) is 66.5 Å². The molecule has 0 fully saturated rings. The maximum atomic E-state index is 8.75. The molecule has 0 N–H and O–H groups in total. The van der Waals surface area contributed by atoms with Gasteiger partial charge in [0.05, 0.1) is 37.5 Å². The van der Waals surface area contributed by atoms with Crippen molar-refractivity contribution in [1.82, 2.24) is 0 Å². The highest BCUT2D eigenvalue weighted by Crippen LogP contribution is 2.35. The van der Waals surface area contributed by atoms with E-state index in [4.69, 9.17) is 30.5 Å². The second-order valence-corrected chi connectivity index (χ2v) is 27.6. The van der Waals surface area contributed by atoms with E-state index >= 15 is 0 Å². The lowest BCUT2D eigenvalue weighted by molar-refractivity contribution is 0.407. The van der Waals surface area contributed by atoms with E-state index in [0.717, 1.165) is 39.4 Å². The standard InChI is InChI=1S/C15H16.C13H22N2.C12H11N.2C11H17N.C10H11N.2C10H14O/c1-12(2)13-8-10-15(11-9-13)14-6-4-3-5-7-14;1-10(2)13-11(14(3)4)8-7-9-12(13)15(5)6;1-4-10-5-11(8-13)7-12(6-10)9(2)3;2*1-9(2)10-7-5-6-8-11(10)12(3)4;1-8(2)10-5-3-9(7-11)4-6-10;2*1-8(2)9-6-4-5-7-10(9)11-3/h3-12H,1-2H3;7-10H,1-6H3;1,5-7,9H,2-3H3;2*5-9H,1-4H3;3-6,8H,1-2H3;2*4-8H,1-3H3/i;;;3D3;;;;. The number of anilines is 4.